The lowest BCUT2D eigenvalue weighted by molar-refractivity contribution is -0.0790. The molecule has 10 heavy (non-hydrogen) atoms. The molecule has 62 valence electrons. The third-order valence-electron chi connectivity index (χ3n) is 1.38. The summed E-state index contributed by atoms with van der Waals surface area (Å²) in [5.41, 5.74) is 0. The first-order valence-corrected chi connectivity index (χ1v) is 3.07. The maximum atomic E-state index is 8.64. The monoisotopic (exact) mass is 150 g/mol. The zero-order valence-electron chi connectivity index (χ0n) is 6.28. The molecule has 4 heteroatoms. The number of ether oxygens (including phenoxy) is 2. The lowest BCUT2D eigenvalue weighted by Crippen LogP contribution is -2.35. The van der Waals surface area contributed by atoms with Gasteiger partial charge in [-0.3, -0.25) is 0 Å². The van der Waals surface area contributed by atoms with Gasteiger partial charge in [-0.05, 0) is 0 Å². The van der Waals surface area contributed by atoms with Crippen LogP contribution in [-0.4, -0.2) is 49.9 Å². The van der Waals surface area contributed by atoms with E-state index in [0.29, 0.717) is 0 Å². The van der Waals surface area contributed by atoms with Gasteiger partial charge < -0.3 is 19.7 Å². The number of methoxy groups -OCH3 is 2. The summed E-state index contributed by atoms with van der Waals surface area (Å²) in [4.78, 5) is 0. The van der Waals surface area contributed by atoms with Gasteiger partial charge in [0.1, 0.15) is 12.2 Å². The van der Waals surface area contributed by atoms with Crippen LogP contribution >= 0.6 is 0 Å². The highest BCUT2D eigenvalue weighted by molar-refractivity contribution is 4.67. The van der Waals surface area contributed by atoms with Crippen molar-refractivity contribution in [3.63, 3.8) is 0 Å². The quantitative estimate of drug-likeness (QED) is 0.528. The van der Waals surface area contributed by atoms with Gasteiger partial charge in [0.25, 0.3) is 0 Å². The molecule has 2 N–H and O–H groups in total. The van der Waals surface area contributed by atoms with Gasteiger partial charge in [-0.1, -0.05) is 0 Å². The van der Waals surface area contributed by atoms with Crippen LogP contribution in [0.5, 0.6) is 0 Å². The summed E-state index contributed by atoms with van der Waals surface area (Å²) in [5.74, 6) is 0. The summed E-state index contributed by atoms with van der Waals surface area (Å²) >= 11 is 0. The summed E-state index contributed by atoms with van der Waals surface area (Å²) in [5, 5.41) is 17.3. The van der Waals surface area contributed by atoms with Crippen LogP contribution in [0.2, 0.25) is 0 Å². The van der Waals surface area contributed by atoms with Crippen LogP contribution in [0.3, 0.4) is 0 Å². The molecule has 0 aliphatic rings. The van der Waals surface area contributed by atoms with E-state index in [1.54, 1.807) is 0 Å². The largest absolute Gasteiger partial charge is 0.394 e. The minimum atomic E-state index is -0.435. The van der Waals surface area contributed by atoms with Gasteiger partial charge in [-0.25, -0.2) is 0 Å². The maximum absolute atomic E-state index is 8.64. The Labute approximate surface area is 60.4 Å². The van der Waals surface area contributed by atoms with Crippen LogP contribution in [0.25, 0.3) is 0 Å². The van der Waals surface area contributed by atoms with E-state index in [4.69, 9.17) is 19.7 Å². The average molecular weight is 150 g/mol. The molecule has 0 aromatic rings. The van der Waals surface area contributed by atoms with E-state index >= 15 is 0 Å². The van der Waals surface area contributed by atoms with Gasteiger partial charge in [0.15, 0.2) is 0 Å². The molecule has 2 unspecified atom stereocenters. The molecule has 0 bridgehead atoms. The van der Waals surface area contributed by atoms with Gasteiger partial charge in [0.05, 0.1) is 13.2 Å². The second-order valence-electron chi connectivity index (χ2n) is 1.91. The second-order valence-corrected chi connectivity index (χ2v) is 1.91. The first-order valence-electron chi connectivity index (χ1n) is 3.07. The molecule has 0 aliphatic carbocycles. The van der Waals surface area contributed by atoms with Crippen molar-refractivity contribution >= 4 is 0 Å². The van der Waals surface area contributed by atoms with Crippen molar-refractivity contribution < 1.29 is 19.7 Å². The van der Waals surface area contributed by atoms with Crippen LogP contribution in [0.4, 0.5) is 0 Å². The molecule has 0 aliphatic heterocycles. The van der Waals surface area contributed by atoms with E-state index < -0.39 is 12.2 Å². The molecule has 0 heterocycles. The topological polar surface area (TPSA) is 58.9 Å². The molecule has 0 aromatic carbocycles. The Morgan fingerprint density at radius 1 is 1.00 bits per heavy atom. The highest BCUT2D eigenvalue weighted by atomic mass is 16.5. The number of aliphatic hydroxyl groups excluding tert-OH is 2. The number of hydrogen-bond donors (Lipinski definition) is 2. The van der Waals surface area contributed by atoms with E-state index in [-0.39, 0.29) is 13.2 Å². The van der Waals surface area contributed by atoms with Crippen LogP contribution in [-0.2, 0) is 9.47 Å². The van der Waals surface area contributed by atoms with Crippen molar-refractivity contribution in [2.75, 3.05) is 27.4 Å². The van der Waals surface area contributed by atoms with Crippen LogP contribution in [0.15, 0.2) is 0 Å². The molecule has 4 nitrogen and oxygen atoms in total. The highest BCUT2D eigenvalue weighted by Gasteiger charge is 2.18. The number of hydrogen-bond acceptors (Lipinski definition) is 4. The zero-order chi connectivity index (χ0) is 7.98. The van der Waals surface area contributed by atoms with Crippen LogP contribution in [0.1, 0.15) is 0 Å². The lowest BCUT2D eigenvalue weighted by Gasteiger charge is -2.20. The van der Waals surface area contributed by atoms with Crippen molar-refractivity contribution in [2.45, 2.75) is 12.2 Å². The minimum Gasteiger partial charge on any atom is -0.394 e. The van der Waals surface area contributed by atoms with Crippen molar-refractivity contribution in [1.82, 2.24) is 0 Å². The predicted molar refractivity (Wildman–Crippen MR) is 35.8 cm³/mol. The van der Waals surface area contributed by atoms with Crippen molar-refractivity contribution in [1.29, 1.82) is 0 Å². The smallest absolute Gasteiger partial charge is 0.108 e. The number of aliphatic hydroxyl groups is 2. The molecule has 0 saturated heterocycles. The summed E-state index contributed by atoms with van der Waals surface area (Å²) < 4.78 is 9.62. The SMILES string of the molecule is COC(CO)C(CO)OC. The molecule has 2 atom stereocenters. The minimum absolute atomic E-state index is 0.143. The fourth-order valence-corrected chi connectivity index (χ4v) is 0.688. The van der Waals surface area contributed by atoms with Crippen molar-refractivity contribution in [3.8, 4) is 0 Å². The fourth-order valence-electron chi connectivity index (χ4n) is 0.688. The van der Waals surface area contributed by atoms with Gasteiger partial charge >= 0.3 is 0 Å². The normalized spacial score (nSPS) is 16.8. The Kier molecular flexibility index (Phi) is 5.52. The van der Waals surface area contributed by atoms with Gasteiger partial charge in [0.2, 0.25) is 0 Å². The predicted octanol–water partition coefficient (Wildman–Crippen LogP) is -0.999. The van der Waals surface area contributed by atoms with Gasteiger partial charge in [-0.15, -0.1) is 0 Å². The molecule has 0 spiro atoms. The van der Waals surface area contributed by atoms with Gasteiger partial charge in [-0.2, -0.15) is 0 Å². The van der Waals surface area contributed by atoms with E-state index in [9.17, 15) is 0 Å². The molecule has 0 saturated carbocycles. The van der Waals surface area contributed by atoms with E-state index in [1.807, 2.05) is 0 Å². The Morgan fingerprint density at radius 3 is 1.40 bits per heavy atom. The highest BCUT2D eigenvalue weighted by Crippen LogP contribution is 1.99. The first-order chi connectivity index (χ1) is 4.79. The third-order valence-corrected chi connectivity index (χ3v) is 1.38. The fraction of sp³-hybridized carbons (Fsp3) is 1.00. The maximum Gasteiger partial charge on any atom is 0.108 e. The molecular formula is C6H14O4. The van der Waals surface area contributed by atoms with Crippen molar-refractivity contribution in [2.24, 2.45) is 0 Å². The average Bonchev–Trinajstić information content (AvgIpc) is 2.00. The van der Waals surface area contributed by atoms with E-state index in [2.05, 4.69) is 0 Å². The summed E-state index contributed by atoms with van der Waals surface area (Å²) in [7, 11) is 2.92. The van der Waals surface area contributed by atoms with Crippen LogP contribution in [0, 0.1) is 0 Å². The van der Waals surface area contributed by atoms with Crippen LogP contribution < -0.4 is 0 Å². The lowest BCUT2D eigenvalue weighted by atomic mass is 10.2. The Hall–Kier alpha value is -0.160. The Morgan fingerprint density at radius 2 is 1.30 bits per heavy atom. The summed E-state index contributed by atoms with van der Waals surface area (Å²) in [6.45, 7) is -0.287. The molecule has 0 radical (unpaired) electrons. The van der Waals surface area contributed by atoms with Gasteiger partial charge in [0, 0.05) is 14.2 Å². The zero-order valence-corrected chi connectivity index (χ0v) is 6.28. The Bertz CT molecular complexity index is 58.1. The molecular weight excluding hydrogens is 136 g/mol. The molecule has 0 fully saturated rings. The Balaban J connectivity index is 3.70. The second kappa shape index (κ2) is 5.61. The molecule has 0 aromatic heterocycles. The van der Waals surface area contributed by atoms with E-state index in [1.165, 1.54) is 14.2 Å². The molecule has 0 amide bonds. The number of rotatable bonds is 5. The third kappa shape index (κ3) is 2.62. The van der Waals surface area contributed by atoms with Crippen molar-refractivity contribution in [3.05, 3.63) is 0 Å². The standard InChI is InChI=1S/C6H14O4/c1-9-5(3-7)6(4-8)10-2/h5-8H,3-4H2,1-2H3. The first kappa shape index (κ1) is 9.84. The molecule has 0 rings (SSSR count). The summed E-state index contributed by atoms with van der Waals surface area (Å²) in [6.07, 6.45) is -0.870. The summed E-state index contributed by atoms with van der Waals surface area (Å²) in [6, 6.07) is 0. The van der Waals surface area contributed by atoms with E-state index in [0.717, 1.165) is 0 Å².